The molecule has 1 aliphatic heterocycles. The lowest BCUT2D eigenvalue weighted by atomic mass is 9.85. The third-order valence-electron chi connectivity index (χ3n) is 7.67. The molecule has 10 heteroatoms. The van der Waals surface area contributed by atoms with Crippen LogP contribution in [-0.4, -0.2) is 62.1 Å². The first-order chi connectivity index (χ1) is 18.5. The molecule has 1 atom stereocenters. The SMILES string of the molecule is COC[C@H](C)Nc1ncc2c(-c3ccnc(N4CCc5nc(C)sc5C4)c3)cc([C@H]3CC[C@H](O)CC3)n2n1. The van der Waals surface area contributed by atoms with E-state index in [1.807, 2.05) is 12.4 Å². The summed E-state index contributed by atoms with van der Waals surface area (Å²) >= 11 is 1.79. The van der Waals surface area contributed by atoms with E-state index in [2.05, 4.69) is 51.8 Å². The minimum Gasteiger partial charge on any atom is -0.393 e. The Bertz CT molecular complexity index is 1430. The highest BCUT2D eigenvalue weighted by Crippen LogP contribution is 2.38. The van der Waals surface area contributed by atoms with Crippen molar-refractivity contribution in [3.05, 3.63) is 51.9 Å². The second kappa shape index (κ2) is 10.6. The van der Waals surface area contributed by atoms with Gasteiger partial charge in [-0.3, -0.25) is 0 Å². The first kappa shape index (κ1) is 25.2. The highest BCUT2D eigenvalue weighted by Gasteiger charge is 2.26. The molecule has 1 aliphatic carbocycles. The number of methoxy groups -OCH3 is 1. The number of aliphatic hydroxyl groups excluding tert-OH is 1. The van der Waals surface area contributed by atoms with Crippen LogP contribution in [0.15, 0.2) is 30.6 Å². The van der Waals surface area contributed by atoms with Gasteiger partial charge in [-0.05, 0) is 63.3 Å². The predicted octanol–water partition coefficient (Wildman–Crippen LogP) is 4.58. The molecule has 9 nitrogen and oxygen atoms in total. The Kier molecular flexibility index (Phi) is 7.03. The molecule has 0 amide bonds. The molecule has 0 bridgehead atoms. The van der Waals surface area contributed by atoms with E-state index in [-0.39, 0.29) is 12.1 Å². The molecule has 4 aromatic heterocycles. The number of nitrogens with zero attached hydrogens (tertiary/aromatic N) is 6. The molecule has 1 fully saturated rings. The maximum Gasteiger partial charge on any atom is 0.241 e. The normalized spacial score (nSPS) is 20.5. The summed E-state index contributed by atoms with van der Waals surface area (Å²) in [5, 5.41) is 19.5. The smallest absolute Gasteiger partial charge is 0.241 e. The monoisotopic (exact) mass is 533 g/mol. The minimum absolute atomic E-state index is 0.0934. The summed E-state index contributed by atoms with van der Waals surface area (Å²) in [7, 11) is 1.69. The van der Waals surface area contributed by atoms with Gasteiger partial charge in [-0.1, -0.05) is 0 Å². The van der Waals surface area contributed by atoms with Crippen LogP contribution in [0.1, 0.15) is 59.8 Å². The Labute approximate surface area is 226 Å². The van der Waals surface area contributed by atoms with E-state index in [1.54, 1.807) is 18.4 Å². The van der Waals surface area contributed by atoms with Gasteiger partial charge in [0.15, 0.2) is 0 Å². The number of aryl methyl sites for hydroxylation is 1. The van der Waals surface area contributed by atoms with E-state index in [1.165, 1.54) is 16.3 Å². The fourth-order valence-electron chi connectivity index (χ4n) is 5.77. The largest absolute Gasteiger partial charge is 0.393 e. The number of ether oxygens (including phenoxy) is 1. The summed E-state index contributed by atoms with van der Waals surface area (Å²) < 4.78 is 7.33. The van der Waals surface area contributed by atoms with Crippen LogP contribution in [0.2, 0.25) is 0 Å². The Hall–Kier alpha value is -3.08. The summed E-state index contributed by atoms with van der Waals surface area (Å²) in [4.78, 5) is 17.8. The van der Waals surface area contributed by atoms with Crippen molar-refractivity contribution in [2.75, 3.05) is 30.5 Å². The Balaban J connectivity index is 1.36. The average Bonchev–Trinajstić information content (AvgIpc) is 3.48. The fourth-order valence-corrected chi connectivity index (χ4v) is 6.76. The van der Waals surface area contributed by atoms with Crippen LogP contribution >= 0.6 is 11.3 Å². The molecule has 0 unspecified atom stereocenters. The predicted molar refractivity (Wildman–Crippen MR) is 150 cm³/mol. The Morgan fingerprint density at radius 2 is 2.05 bits per heavy atom. The molecule has 0 spiro atoms. The van der Waals surface area contributed by atoms with E-state index in [9.17, 15) is 5.11 Å². The number of anilines is 2. The zero-order chi connectivity index (χ0) is 26.2. The average molecular weight is 534 g/mol. The van der Waals surface area contributed by atoms with Gasteiger partial charge in [0.1, 0.15) is 5.82 Å². The van der Waals surface area contributed by atoms with Crippen LogP contribution in [0.3, 0.4) is 0 Å². The molecule has 1 saturated carbocycles. The van der Waals surface area contributed by atoms with E-state index >= 15 is 0 Å². The van der Waals surface area contributed by atoms with Crippen LogP contribution in [0.25, 0.3) is 16.6 Å². The molecule has 2 aliphatic rings. The lowest BCUT2D eigenvalue weighted by molar-refractivity contribution is 0.121. The molecule has 2 N–H and O–H groups in total. The van der Waals surface area contributed by atoms with Crippen molar-refractivity contribution in [2.45, 2.75) is 70.6 Å². The molecular formula is C28H35N7O2S. The maximum atomic E-state index is 10.1. The molecule has 6 rings (SSSR count). The van der Waals surface area contributed by atoms with Crippen LogP contribution in [0.5, 0.6) is 0 Å². The first-order valence-corrected chi connectivity index (χ1v) is 14.3. The first-order valence-electron chi connectivity index (χ1n) is 13.5. The van der Waals surface area contributed by atoms with Gasteiger partial charge < -0.3 is 20.1 Å². The number of rotatable bonds is 7. The van der Waals surface area contributed by atoms with E-state index < -0.39 is 0 Å². The van der Waals surface area contributed by atoms with Crippen LogP contribution in [0, 0.1) is 6.92 Å². The zero-order valence-electron chi connectivity index (χ0n) is 22.2. The molecule has 4 aromatic rings. The number of pyridine rings is 1. The number of fused-ring (bicyclic) bond motifs is 2. The van der Waals surface area contributed by atoms with Crippen LogP contribution in [-0.2, 0) is 17.7 Å². The van der Waals surface area contributed by atoms with Crippen molar-refractivity contribution < 1.29 is 9.84 Å². The Morgan fingerprint density at radius 1 is 1.21 bits per heavy atom. The zero-order valence-corrected chi connectivity index (χ0v) is 23.0. The van der Waals surface area contributed by atoms with Gasteiger partial charge in [0.25, 0.3) is 0 Å². The minimum atomic E-state index is -0.200. The molecule has 38 heavy (non-hydrogen) atoms. The highest BCUT2D eigenvalue weighted by molar-refractivity contribution is 7.11. The van der Waals surface area contributed by atoms with Crippen molar-refractivity contribution in [2.24, 2.45) is 0 Å². The van der Waals surface area contributed by atoms with Crippen molar-refractivity contribution in [1.29, 1.82) is 0 Å². The Morgan fingerprint density at radius 3 is 2.87 bits per heavy atom. The summed E-state index contributed by atoms with van der Waals surface area (Å²) in [5.41, 5.74) is 5.61. The quantitative estimate of drug-likeness (QED) is 0.356. The number of hydrogen-bond donors (Lipinski definition) is 2. The van der Waals surface area contributed by atoms with Crippen molar-refractivity contribution >= 4 is 28.6 Å². The van der Waals surface area contributed by atoms with Gasteiger partial charge in [-0.25, -0.2) is 19.5 Å². The lowest BCUT2D eigenvalue weighted by Crippen LogP contribution is -2.30. The highest BCUT2D eigenvalue weighted by atomic mass is 32.1. The summed E-state index contributed by atoms with van der Waals surface area (Å²) in [6, 6.07) is 6.63. The number of aromatic nitrogens is 5. The summed E-state index contributed by atoms with van der Waals surface area (Å²) in [6.07, 6.45) is 8.11. The van der Waals surface area contributed by atoms with Crippen molar-refractivity contribution in [1.82, 2.24) is 24.6 Å². The van der Waals surface area contributed by atoms with Gasteiger partial charge in [-0.2, -0.15) is 0 Å². The van der Waals surface area contributed by atoms with Gasteiger partial charge in [0, 0.05) is 54.4 Å². The van der Waals surface area contributed by atoms with Crippen molar-refractivity contribution in [3.8, 4) is 11.1 Å². The third kappa shape index (κ3) is 5.00. The van der Waals surface area contributed by atoms with Gasteiger partial charge in [0.05, 0.1) is 41.7 Å². The van der Waals surface area contributed by atoms with E-state index in [0.717, 1.165) is 72.7 Å². The molecule has 0 saturated heterocycles. The number of aliphatic hydroxyl groups is 1. The third-order valence-corrected chi connectivity index (χ3v) is 8.67. The summed E-state index contributed by atoms with van der Waals surface area (Å²) in [5.74, 6) is 1.91. The molecule has 0 aromatic carbocycles. The molecule has 200 valence electrons. The van der Waals surface area contributed by atoms with Crippen molar-refractivity contribution in [3.63, 3.8) is 0 Å². The molecule has 0 radical (unpaired) electrons. The summed E-state index contributed by atoms with van der Waals surface area (Å²) in [6.45, 7) is 6.47. The topological polar surface area (TPSA) is 101 Å². The fraction of sp³-hybridized carbons (Fsp3) is 0.500. The van der Waals surface area contributed by atoms with E-state index in [0.29, 0.717) is 18.5 Å². The maximum absolute atomic E-state index is 10.1. The molecular weight excluding hydrogens is 498 g/mol. The lowest BCUT2D eigenvalue weighted by Gasteiger charge is -2.27. The number of thiazole rings is 1. The number of nitrogens with one attached hydrogen (secondary N) is 1. The number of hydrogen-bond acceptors (Lipinski definition) is 9. The van der Waals surface area contributed by atoms with Crippen LogP contribution in [0.4, 0.5) is 11.8 Å². The van der Waals surface area contributed by atoms with E-state index in [4.69, 9.17) is 19.8 Å². The van der Waals surface area contributed by atoms with Gasteiger partial charge >= 0.3 is 0 Å². The van der Waals surface area contributed by atoms with Gasteiger partial charge in [-0.15, -0.1) is 16.4 Å². The second-order valence-electron chi connectivity index (χ2n) is 10.5. The second-order valence-corrected chi connectivity index (χ2v) is 11.8. The van der Waals surface area contributed by atoms with Gasteiger partial charge in [0.2, 0.25) is 5.95 Å². The van der Waals surface area contributed by atoms with Crippen LogP contribution < -0.4 is 10.2 Å². The standard InChI is InChI=1S/C28H35N7O2S/c1-17(16-37-3)31-28-30-14-25-22(13-24(35(25)33-28)19-4-6-21(36)7-5-19)20-8-10-29-27(12-20)34-11-9-23-26(15-34)38-18(2)32-23/h8,10,12-14,17,19,21,36H,4-7,9,11,15-16H2,1-3H3,(H,31,33)/t17-,19-,21-/m0/s1. The molecule has 5 heterocycles.